The van der Waals surface area contributed by atoms with Crippen molar-refractivity contribution >= 4 is 17.6 Å². The first-order valence-electron chi connectivity index (χ1n) is 7.19. The zero-order valence-corrected chi connectivity index (χ0v) is 12.8. The topological polar surface area (TPSA) is 93.4 Å². The second-order valence-corrected chi connectivity index (χ2v) is 4.98. The number of rotatable bonds is 6. The summed E-state index contributed by atoms with van der Waals surface area (Å²) in [5.41, 5.74) is 6.61. The monoisotopic (exact) mass is 313 g/mol. The lowest BCUT2D eigenvalue weighted by Crippen LogP contribution is -2.43. The van der Waals surface area contributed by atoms with Gasteiger partial charge in [0.15, 0.2) is 0 Å². The number of carbonyl (C=O) groups is 2. The number of primary amides is 1. The van der Waals surface area contributed by atoms with E-state index < -0.39 is 18.0 Å². The van der Waals surface area contributed by atoms with Crippen LogP contribution in [0.15, 0.2) is 54.6 Å². The van der Waals surface area contributed by atoms with Crippen molar-refractivity contribution in [2.75, 3.05) is 5.32 Å². The average molecular weight is 313 g/mol. The van der Waals surface area contributed by atoms with Gasteiger partial charge in [0, 0.05) is 11.3 Å². The van der Waals surface area contributed by atoms with Crippen LogP contribution >= 0.6 is 0 Å². The molecule has 4 N–H and O–H groups in total. The number of anilines is 1. The minimum atomic E-state index is -0.871. The minimum absolute atomic E-state index is 0.358. The summed E-state index contributed by atoms with van der Waals surface area (Å²) in [5.74, 6) is 0.276. The summed E-state index contributed by atoms with van der Waals surface area (Å²) in [6, 6.07) is 15.5. The van der Waals surface area contributed by atoms with E-state index in [9.17, 15) is 9.59 Å². The highest BCUT2D eigenvalue weighted by Gasteiger charge is 2.15. The molecule has 0 saturated carbocycles. The van der Waals surface area contributed by atoms with Crippen LogP contribution in [0, 0.1) is 0 Å². The van der Waals surface area contributed by atoms with Gasteiger partial charge in [-0.3, -0.25) is 10.1 Å². The van der Waals surface area contributed by atoms with Gasteiger partial charge in [0.25, 0.3) is 0 Å². The molecule has 0 aromatic heterocycles. The zero-order chi connectivity index (χ0) is 16.7. The molecule has 0 saturated heterocycles. The van der Waals surface area contributed by atoms with Crippen LogP contribution in [0.1, 0.15) is 12.5 Å². The number of carbonyl (C=O) groups excluding carboxylic acids is 2. The molecule has 0 spiro atoms. The molecule has 0 aliphatic carbocycles. The lowest BCUT2D eigenvalue weighted by molar-refractivity contribution is -0.120. The largest absolute Gasteiger partial charge is 0.489 e. The van der Waals surface area contributed by atoms with Gasteiger partial charge in [-0.2, -0.15) is 0 Å². The highest BCUT2D eigenvalue weighted by molar-refractivity contribution is 5.97. The van der Waals surface area contributed by atoms with Gasteiger partial charge in [-0.25, -0.2) is 4.79 Å². The molecule has 23 heavy (non-hydrogen) atoms. The van der Waals surface area contributed by atoms with Gasteiger partial charge in [-0.15, -0.1) is 0 Å². The van der Waals surface area contributed by atoms with Crippen molar-refractivity contribution in [1.29, 1.82) is 0 Å². The zero-order valence-electron chi connectivity index (χ0n) is 12.8. The fourth-order valence-corrected chi connectivity index (χ4v) is 1.99. The molecular weight excluding hydrogens is 294 g/mol. The van der Waals surface area contributed by atoms with E-state index in [2.05, 4.69) is 5.32 Å². The molecular formula is C17H19N3O3. The summed E-state index contributed by atoms with van der Waals surface area (Å²) in [7, 11) is 0. The molecule has 120 valence electrons. The van der Waals surface area contributed by atoms with Gasteiger partial charge in [-0.1, -0.05) is 36.4 Å². The number of urea groups is 1. The van der Waals surface area contributed by atoms with Crippen molar-refractivity contribution < 1.29 is 14.3 Å². The Hall–Kier alpha value is -3.02. The van der Waals surface area contributed by atoms with E-state index in [1.54, 1.807) is 6.92 Å². The van der Waals surface area contributed by atoms with Crippen molar-refractivity contribution in [1.82, 2.24) is 5.32 Å². The Bertz CT molecular complexity index is 674. The second-order valence-electron chi connectivity index (χ2n) is 4.98. The number of nitrogens with one attached hydrogen (secondary N) is 2. The van der Waals surface area contributed by atoms with Gasteiger partial charge in [0.1, 0.15) is 18.4 Å². The van der Waals surface area contributed by atoms with Gasteiger partial charge in [0.2, 0.25) is 5.91 Å². The number of benzene rings is 2. The maximum absolute atomic E-state index is 11.7. The summed E-state index contributed by atoms with van der Waals surface area (Å²) < 4.78 is 5.72. The summed E-state index contributed by atoms with van der Waals surface area (Å²) in [6.45, 7) is 2.00. The Morgan fingerprint density at radius 3 is 2.43 bits per heavy atom. The standard InChI is InChI=1S/C17H19N3O3/c1-12(16(21)20-17(18)22)19-15-10-6-5-7-13(15)11-23-14-8-3-2-4-9-14/h2-10,12,19H,11H2,1H3,(H3,18,20,21,22)/t12-/m0/s1. The fraction of sp³-hybridized carbons (Fsp3) is 0.176. The van der Waals surface area contributed by atoms with Crippen molar-refractivity contribution in [2.24, 2.45) is 5.73 Å². The molecule has 0 unspecified atom stereocenters. The van der Waals surface area contributed by atoms with E-state index in [1.807, 2.05) is 59.9 Å². The van der Waals surface area contributed by atoms with E-state index in [0.717, 1.165) is 17.0 Å². The molecule has 6 nitrogen and oxygen atoms in total. The van der Waals surface area contributed by atoms with Crippen LogP contribution in [-0.2, 0) is 11.4 Å². The normalized spacial score (nSPS) is 11.3. The molecule has 0 radical (unpaired) electrons. The van der Waals surface area contributed by atoms with Crippen molar-refractivity contribution in [3.8, 4) is 5.75 Å². The first kappa shape index (κ1) is 16.4. The lowest BCUT2D eigenvalue weighted by atomic mass is 10.1. The minimum Gasteiger partial charge on any atom is -0.489 e. The Morgan fingerprint density at radius 1 is 1.09 bits per heavy atom. The fourth-order valence-electron chi connectivity index (χ4n) is 1.99. The van der Waals surface area contributed by atoms with Gasteiger partial charge in [0.05, 0.1) is 0 Å². The molecule has 2 aromatic carbocycles. The Balaban J connectivity index is 2.02. The average Bonchev–Trinajstić information content (AvgIpc) is 2.54. The summed E-state index contributed by atoms with van der Waals surface area (Å²) in [5, 5.41) is 5.10. The second kappa shape index (κ2) is 7.84. The summed E-state index contributed by atoms with van der Waals surface area (Å²) in [6.07, 6.45) is 0. The molecule has 0 fully saturated rings. The van der Waals surface area contributed by atoms with Crippen molar-refractivity contribution in [3.05, 3.63) is 60.2 Å². The molecule has 1 atom stereocenters. The highest BCUT2D eigenvalue weighted by Crippen LogP contribution is 2.19. The lowest BCUT2D eigenvalue weighted by Gasteiger charge is -2.17. The molecule has 0 heterocycles. The molecule has 0 aliphatic rings. The summed E-state index contributed by atoms with van der Waals surface area (Å²) in [4.78, 5) is 22.5. The number of amides is 3. The van der Waals surface area contributed by atoms with Crippen LogP contribution in [0.5, 0.6) is 5.75 Å². The molecule has 2 aromatic rings. The molecule has 3 amide bonds. The number of hydrogen-bond donors (Lipinski definition) is 3. The van der Waals surface area contributed by atoms with Gasteiger partial charge in [-0.05, 0) is 25.1 Å². The van der Waals surface area contributed by atoms with Crippen molar-refractivity contribution in [3.63, 3.8) is 0 Å². The number of para-hydroxylation sites is 2. The smallest absolute Gasteiger partial charge is 0.318 e. The first-order chi connectivity index (χ1) is 11.1. The molecule has 2 rings (SSSR count). The number of ether oxygens (including phenoxy) is 1. The molecule has 0 bridgehead atoms. The highest BCUT2D eigenvalue weighted by atomic mass is 16.5. The first-order valence-corrected chi connectivity index (χ1v) is 7.19. The summed E-state index contributed by atoms with van der Waals surface area (Å²) >= 11 is 0. The maximum Gasteiger partial charge on any atom is 0.318 e. The van der Waals surface area contributed by atoms with Crippen LogP contribution in [0.4, 0.5) is 10.5 Å². The van der Waals surface area contributed by atoms with E-state index in [0.29, 0.717) is 6.61 Å². The Labute approximate surface area is 134 Å². The van der Waals surface area contributed by atoms with Crippen LogP contribution in [0.3, 0.4) is 0 Å². The van der Waals surface area contributed by atoms with E-state index in [4.69, 9.17) is 10.5 Å². The Kier molecular flexibility index (Phi) is 5.57. The van der Waals surface area contributed by atoms with Gasteiger partial charge >= 0.3 is 6.03 Å². The van der Waals surface area contributed by atoms with Crippen LogP contribution < -0.4 is 21.1 Å². The van der Waals surface area contributed by atoms with E-state index in [-0.39, 0.29) is 0 Å². The SMILES string of the molecule is C[C@H](Nc1ccccc1COc1ccccc1)C(=O)NC(N)=O. The van der Waals surface area contributed by atoms with Crippen LogP contribution in [-0.4, -0.2) is 18.0 Å². The Morgan fingerprint density at radius 2 is 1.74 bits per heavy atom. The van der Waals surface area contributed by atoms with Gasteiger partial charge < -0.3 is 15.8 Å². The quantitative estimate of drug-likeness (QED) is 0.762. The molecule has 0 aliphatic heterocycles. The molecule has 6 heteroatoms. The maximum atomic E-state index is 11.7. The van der Waals surface area contributed by atoms with Crippen LogP contribution in [0.2, 0.25) is 0 Å². The van der Waals surface area contributed by atoms with E-state index in [1.165, 1.54) is 0 Å². The third-order valence-electron chi connectivity index (χ3n) is 3.17. The number of imide groups is 1. The number of hydrogen-bond acceptors (Lipinski definition) is 4. The van der Waals surface area contributed by atoms with Crippen LogP contribution in [0.25, 0.3) is 0 Å². The predicted molar refractivity (Wildman–Crippen MR) is 88.0 cm³/mol. The third kappa shape index (κ3) is 5.03. The van der Waals surface area contributed by atoms with Crippen molar-refractivity contribution in [2.45, 2.75) is 19.6 Å². The third-order valence-corrected chi connectivity index (χ3v) is 3.17. The number of nitrogens with two attached hydrogens (primary N) is 1. The van der Waals surface area contributed by atoms with E-state index >= 15 is 0 Å². The predicted octanol–water partition coefficient (Wildman–Crippen LogP) is 2.26.